The molecule has 0 radical (unpaired) electrons. The molecule has 12 heteroatoms. The van der Waals surface area contributed by atoms with Crippen LogP contribution in [0.25, 0.3) is 27.5 Å². The minimum Gasteiger partial charge on any atom is -0.480 e. The molecule has 0 aliphatic heterocycles. The topological polar surface area (TPSA) is 74.8 Å². The third kappa shape index (κ3) is 3.59. The Bertz CT molecular complexity index is 1640. The van der Waals surface area contributed by atoms with Crippen LogP contribution >= 0.6 is 11.6 Å². The zero-order chi connectivity index (χ0) is 25.1. The fraction of sp³-hybridized carbons (Fsp3) is 0.130. The number of rotatable bonds is 4. The zero-order valence-electron chi connectivity index (χ0n) is 18.1. The predicted molar refractivity (Wildman–Crippen MR) is 120 cm³/mol. The quantitative estimate of drug-likeness (QED) is 0.244. The van der Waals surface area contributed by atoms with E-state index in [1.165, 1.54) is 48.3 Å². The molecule has 0 fully saturated rings. The van der Waals surface area contributed by atoms with Crippen LogP contribution in [0.3, 0.4) is 0 Å². The summed E-state index contributed by atoms with van der Waals surface area (Å²) in [5.74, 6) is -1.47. The molecule has 35 heavy (non-hydrogen) atoms. The van der Waals surface area contributed by atoms with E-state index < -0.39 is 29.0 Å². The molecule has 178 valence electrons. The normalized spacial score (nSPS) is 12.0. The van der Waals surface area contributed by atoms with Gasteiger partial charge in [-0.15, -0.1) is 0 Å². The Morgan fingerprint density at radius 3 is 2.57 bits per heavy atom. The molecular weight excluding hydrogens is 490 g/mol. The highest BCUT2D eigenvalue weighted by molar-refractivity contribution is 6.33. The summed E-state index contributed by atoms with van der Waals surface area (Å²) in [6.45, 7) is 0. The van der Waals surface area contributed by atoms with Crippen LogP contribution in [0, 0.1) is 5.82 Å². The molecule has 0 unspecified atom stereocenters. The van der Waals surface area contributed by atoms with Gasteiger partial charge in [-0.25, -0.2) is 9.07 Å². The molecule has 5 aromatic rings. The van der Waals surface area contributed by atoms with Crippen LogP contribution in [0.15, 0.2) is 49.1 Å². The Balaban J connectivity index is 1.73. The van der Waals surface area contributed by atoms with Crippen LogP contribution in [0.5, 0.6) is 5.88 Å². The Morgan fingerprint density at radius 1 is 1.09 bits per heavy atom. The minimum absolute atomic E-state index is 0.0187. The molecule has 5 rings (SSSR count). The lowest BCUT2D eigenvalue weighted by molar-refractivity contribution is -0.143. The van der Waals surface area contributed by atoms with Crippen molar-refractivity contribution in [3.63, 3.8) is 0 Å². The molecule has 0 saturated carbocycles. The van der Waals surface area contributed by atoms with Gasteiger partial charge in [-0.1, -0.05) is 23.7 Å². The van der Waals surface area contributed by atoms with Crippen molar-refractivity contribution >= 4 is 39.2 Å². The second-order valence-corrected chi connectivity index (χ2v) is 8.05. The molecule has 0 spiro atoms. The molecule has 4 aromatic heterocycles. The van der Waals surface area contributed by atoms with Crippen LogP contribution in [0.2, 0.25) is 5.02 Å². The van der Waals surface area contributed by atoms with Gasteiger partial charge >= 0.3 is 6.18 Å². The van der Waals surface area contributed by atoms with E-state index in [4.69, 9.17) is 16.3 Å². The lowest BCUT2D eigenvalue weighted by Gasteiger charge is -2.14. The summed E-state index contributed by atoms with van der Waals surface area (Å²) >= 11 is 6.15. The van der Waals surface area contributed by atoms with E-state index in [1.807, 2.05) is 0 Å². The maximum Gasteiger partial charge on any atom is 0.434 e. The number of carbonyl (C=O) groups is 1. The highest BCUT2D eigenvalue weighted by Crippen LogP contribution is 2.37. The van der Waals surface area contributed by atoms with Crippen molar-refractivity contribution in [2.24, 2.45) is 7.05 Å². The standard InChI is InChI=1S/C23H14ClF4N5O2/c1-32-10-15(12-6-16(24)22(35-2)31-21(12)32)19(34)14-8-30-33(20(14)23(26,27)28)18-9-29-7-13-11(18)4-3-5-17(13)25/h3-10H,1-2H3. The van der Waals surface area contributed by atoms with Crippen molar-refractivity contribution in [1.29, 1.82) is 0 Å². The number of hydrogen-bond donors (Lipinski definition) is 0. The van der Waals surface area contributed by atoms with Crippen LogP contribution in [-0.4, -0.2) is 37.2 Å². The van der Waals surface area contributed by atoms with E-state index >= 15 is 0 Å². The van der Waals surface area contributed by atoms with Gasteiger partial charge in [-0.3, -0.25) is 9.78 Å². The number of benzene rings is 1. The van der Waals surface area contributed by atoms with Crippen molar-refractivity contribution in [3.05, 3.63) is 76.7 Å². The van der Waals surface area contributed by atoms with Crippen molar-refractivity contribution < 1.29 is 27.1 Å². The van der Waals surface area contributed by atoms with Gasteiger partial charge in [0.05, 0.1) is 30.8 Å². The van der Waals surface area contributed by atoms with Crippen LogP contribution in [0.4, 0.5) is 17.6 Å². The number of ether oxygens (including phenoxy) is 1. The van der Waals surface area contributed by atoms with Gasteiger partial charge in [0.25, 0.3) is 0 Å². The number of methoxy groups -OCH3 is 1. The summed E-state index contributed by atoms with van der Waals surface area (Å²) in [4.78, 5) is 21.5. The van der Waals surface area contributed by atoms with Crippen molar-refractivity contribution in [2.45, 2.75) is 6.18 Å². The number of pyridine rings is 2. The predicted octanol–water partition coefficient (Wildman–Crippen LogP) is 5.36. The lowest BCUT2D eigenvalue weighted by Crippen LogP contribution is -2.18. The molecule has 4 heterocycles. The number of nitrogens with zero attached hydrogens (tertiary/aromatic N) is 5. The third-order valence-electron chi connectivity index (χ3n) is 5.55. The van der Waals surface area contributed by atoms with Gasteiger partial charge in [0.1, 0.15) is 16.5 Å². The maximum atomic E-state index is 14.3. The van der Waals surface area contributed by atoms with Gasteiger partial charge in [-0.2, -0.15) is 23.3 Å². The molecule has 0 amide bonds. The summed E-state index contributed by atoms with van der Waals surface area (Å²) in [6.07, 6.45) is -0.437. The number of aryl methyl sites for hydroxylation is 1. The monoisotopic (exact) mass is 503 g/mol. The van der Waals surface area contributed by atoms with Gasteiger partial charge in [-0.05, 0) is 12.1 Å². The second kappa shape index (κ2) is 8.05. The first-order valence-corrected chi connectivity index (χ1v) is 10.4. The highest BCUT2D eigenvalue weighted by Gasteiger charge is 2.41. The first-order chi connectivity index (χ1) is 16.6. The van der Waals surface area contributed by atoms with Crippen LogP contribution < -0.4 is 4.74 Å². The summed E-state index contributed by atoms with van der Waals surface area (Å²) < 4.78 is 64.3. The SMILES string of the molecule is COc1nc2c(cc1Cl)c(C(=O)c1cnn(-c3cncc4c(F)cccc34)c1C(F)(F)F)cn2C. The van der Waals surface area contributed by atoms with E-state index in [0.29, 0.717) is 10.3 Å². The number of alkyl halides is 3. The largest absolute Gasteiger partial charge is 0.480 e. The molecule has 7 nitrogen and oxygen atoms in total. The van der Waals surface area contributed by atoms with E-state index in [-0.39, 0.29) is 38.3 Å². The molecule has 0 bridgehead atoms. The van der Waals surface area contributed by atoms with Gasteiger partial charge < -0.3 is 9.30 Å². The number of halogens is 5. The Kier molecular flexibility index (Phi) is 5.24. The lowest BCUT2D eigenvalue weighted by atomic mass is 10.0. The Labute approximate surface area is 199 Å². The second-order valence-electron chi connectivity index (χ2n) is 7.64. The molecule has 0 atom stereocenters. The van der Waals surface area contributed by atoms with Crippen molar-refractivity contribution in [1.82, 2.24) is 24.3 Å². The van der Waals surface area contributed by atoms with Gasteiger partial charge in [0, 0.05) is 41.2 Å². The number of ketones is 1. The summed E-state index contributed by atoms with van der Waals surface area (Å²) in [5, 5.41) is 4.37. The Hall–Kier alpha value is -3.99. The molecule has 0 aliphatic rings. The molecule has 0 saturated heterocycles. The van der Waals surface area contributed by atoms with E-state index in [1.54, 1.807) is 7.05 Å². The first-order valence-electron chi connectivity index (χ1n) is 10.0. The number of aromatic nitrogens is 5. The van der Waals surface area contributed by atoms with E-state index in [0.717, 1.165) is 12.4 Å². The highest BCUT2D eigenvalue weighted by atomic mass is 35.5. The van der Waals surface area contributed by atoms with E-state index in [9.17, 15) is 22.4 Å². The fourth-order valence-electron chi connectivity index (χ4n) is 4.01. The molecular formula is C23H14ClF4N5O2. The summed E-state index contributed by atoms with van der Waals surface area (Å²) in [5.41, 5.74) is -1.88. The Morgan fingerprint density at radius 2 is 1.86 bits per heavy atom. The average molecular weight is 504 g/mol. The number of fused-ring (bicyclic) bond motifs is 2. The number of carbonyl (C=O) groups excluding carboxylic acids is 1. The average Bonchev–Trinajstić information content (AvgIpc) is 3.40. The fourth-order valence-corrected chi connectivity index (χ4v) is 4.23. The van der Waals surface area contributed by atoms with Crippen LogP contribution in [0.1, 0.15) is 21.6 Å². The van der Waals surface area contributed by atoms with Gasteiger partial charge in [0.15, 0.2) is 11.5 Å². The third-order valence-corrected chi connectivity index (χ3v) is 5.82. The molecule has 0 N–H and O–H groups in total. The van der Waals surface area contributed by atoms with Crippen molar-refractivity contribution in [3.8, 4) is 11.6 Å². The molecule has 1 aromatic carbocycles. The minimum atomic E-state index is -4.97. The smallest absolute Gasteiger partial charge is 0.434 e. The van der Waals surface area contributed by atoms with E-state index in [2.05, 4.69) is 15.1 Å². The first kappa shape index (κ1) is 22.8. The van der Waals surface area contributed by atoms with Gasteiger partial charge in [0.2, 0.25) is 5.88 Å². The number of hydrogen-bond acceptors (Lipinski definition) is 5. The summed E-state index contributed by atoms with van der Waals surface area (Å²) in [7, 11) is 2.96. The maximum absolute atomic E-state index is 14.3. The van der Waals surface area contributed by atoms with Crippen LogP contribution in [-0.2, 0) is 13.2 Å². The summed E-state index contributed by atoms with van der Waals surface area (Å²) in [6, 6.07) is 5.39. The molecule has 0 aliphatic carbocycles. The zero-order valence-corrected chi connectivity index (χ0v) is 18.8. The van der Waals surface area contributed by atoms with Crippen molar-refractivity contribution in [2.75, 3.05) is 7.11 Å².